The first-order valence-corrected chi connectivity index (χ1v) is 6.56. The minimum absolute atomic E-state index is 0.265. The molecule has 1 rings (SSSR count). The van der Waals surface area contributed by atoms with E-state index in [1.165, 1.54) is 13.5 Å². The minimum atomic E-state index is -0.265. The number of esters is 1. The van der Waals surface area contributed by atoms with Gasteiger partial charge in [0.15, 0.2) is 0 Å². The van der Waals surface area contributed by atoms with Crippen molar-refractivity contribution in [3.63, 3.8) is 0 Å². The highest BCUT2D eigenvalue weighted by molar-refractivity contribution is 5.91. The van der Waals surface area contributed by atoms with E-state index < -0.39 is 0 Å². The molecule has 0 aliphatic carbocycles. The summed E-state index contributed by atoms with van der Waals surface area (Å²) in [5.74, 6) is 0.0332. The fraction of sp³-hybridized carbons (Fsp3) is 0.533. The summed E-state index contributed by atoms with van der Waals surface area (Å²) in [6, 6.07) is 5.83. The predicted octanol–water partition coefficient (Wildman–Crippen LogP) is 3.81. The summed E-state index contributed by atoms with van der Waals surface area (Å²) in [6.45, 7) is 7.29. The highest BCUT2D eigenvalue weighted by Crippen LogP contribution is 2.24. The standard InChI is InChI=1S/C15H23NO2/c1-5-6-9-16-12-7-8-13(15(17)18-4)14(10-12)11(2)3/h7-8,10-11,16H,5-6,9H2,1-4H3. The van der Waals surface area contributed by atoms with Crippen LogP contribution in [0.1, 0.15) is 55.5 Å². The number of nitrogens with one attached hydrogen (secondary N) is 1. The van der Waals surface area contributed by atoms with Crippen LogP contribution in [0.15, 0.2) is 18.2 Å². The molecule has 0 radical (unpaired) electrons. The van der Waals surface area contributed by atoms with Crippen LogP contribution in [0.4, 0.5) is 5.69 Å². The summed E-state index contributed by atoms with van der Waals surface area (Å²) >= 11 is 0. The van der Waals surface area contributed by atoms with E-state index in [1.54, 1.807) is 0 Å². The van der Waals surface area contributed by atoms with E-state index in [2.05, 4.69) is 26.1 Å². The number of hydrogen-bond acceptors (Lipinski definition) is 3. The van der Waals surface area contributed by atoms with Gasteiger partial charge in [0, 0.05) is 12.2 Å². The number of benzene rings is 1. The Bertz CT molecular complexity index is 399. The molecule has 3 heteroatoms. The number of carbonyl (C=O) groups excluding carboxylic acids is 1. The van der Waals surface area contributed by atoms with E-state index in [0.29, 0.717) is 11.5 Å². The quantitative estimate of drug-likeness (QED) is 0.615. The second-order valence-corrected chi connectivity index (χ2v) is 4.73. The highest BCUT2D eigenvalue weighted by atomic mass is 16.5. The van der Waals surface area contributed by atoms with Gasteiger partial charge in [0.2, 0.25) is 0 Å². The first kappa shape index (κ1) is 14.6. The molecule has 0 heterocycles. The van der Waals surface area contributed by atoms with Crippen molar-refractivity contribution < 1.29 is 9.53 Å². The summed E-state index contributed by atoms with van der Waals surface area (Å²) in [5, 5.41) is 3.37. The number of hydrogen-bond donors (Lipinski definition) is 1. The third-order valence-corrected chi connectivity index (χ3v) is 2.94. The lowest BCUT2D eigenvalue weighted by atomic mass is 9.96. The third kappa shape index (κ3) is 3.76. The molecule has 1 aromatic rings. The molecular formula is C15H23NO2. The van der Waals surface area contributed by atoms with Gasteiger partial charge < -0.3 is 10.1 Å². The zero-order valence-electron chi connectivity index (χ0n) is 11.7. The maximum atomic E-state index is 11.7. The van der Waals surface area contributed by atoms with E-state index in [1.807, 2.05) is 18.2 Å². The Kier molecular flexibility index (Phi) is 5.69. The SMILES string of the molecule is CCCCNc1ccc(C(=O)OC)c(C(C)C)c1. The van der Waals surface area contributed by atoms with Crippen molar-refractivity contribution in [1.29, 1.82) is 0 Å². The van der Waals surface area contributed by atoms with Crippen LogP contribution in [0.2, 0.25) is 0 Å². The van der Waals surface area contributed by atoms with Gasteiger partial charge in [-0.25, -0.2) is 4.79 Å². The summed E-state index contributed by atoms with van der Waals surface area (Å²) in [7, 11) is 1.42. The maximum absolute atomic E-state index is 11.7. The van der Waals surface area contributed by atoms with Gasteiger partial charge in [-0.3, -0.25) is 0 Å². The average Bonchev–Trinajstić information content (AvgIpc) is 2.38. The number of ether oxygens (including phenoxy) is 1. The molecule has 0 unspecified atom stereocenters. The molecule has 18 heavy (non-hydrogen) atoms. The molecule has 0 fully saturated rings. The number of rotatable bonds is 6. The predicted molar refractivity (Wildman–Crippen MR) is 75.3 cm³/mol. The third-order valence-electron chi connectivity index (χ3n) is 2.94. The second kappa shape index (κ2) is 7.04. The van der Waals surface area contributed by atoms with Crippen LogP contribution in [0.5, 0.6) is 0 Å². The lowest BCUT2D eigenvalue weighted by Gasteiger charge is -2.14. The van der Waals surface area contributed by atoms with Gasteiger partial charge >= 0.3 is 5.97 Å². The van der Waals surface area contributed by atoms with E-state index in [4.69, 9.17) is 4.74 Å². The smallest absolute Gasteiger partial charge is 0.338 e. The first-order chi connectivity index (χ1) is 8.60. The molecule has 0 saturated heterocycles. The van der Waals surface area contributed by atoms with Crippen molar-refractivity contribution in [3.8, 4) is 0 Å². The summed E-state index contributed by atoms with van der Waals surface area (Å²) in [6.07, 6.45) is 2.32. The van der Waals surface area contributed by atoms with Crippen molar-refractivity contribution in [3.05, 3.63) is 29.3 Å². The average molecular weight is 249 g/mol. The molecule has 1 N–H and O–H groups in total. The van der Waals surface area contributed by atoms with Crippen LogP contribution >= 0.6 is 0 Å². The van der Waals surface area contributed by atoms with Crippen molar-refractivity contribution in [2.75, 3.05) is 19.0 Å². The second-order valence-electron chi connectivity index (χ2n) is 4.73. The monoisotopic (exact) mass is 249 g/mol. The zero-order valence-corrected chi connectivity index (χ0v) is 11.7. The molecule has 3 nitrogen and oxygen atoms in total. The van der Waals surface area contributed by atoms with Crippen LogP contribution in [-0.2, 0) is 4.74 Å². The van der Waals surface area contributed by atoms with Crippen molar-refractivity contribution in [2.45, 2.75) is 39.5 Å². The molecule has 100 valence electrons. The lowest BCUT2D eigenvalue weighted by molar-refractivity contribution is 0.0599. The van der Waals surface area contributed by atoms with Gasteiger partial charge in [0.25, 0.3) is 0 Å². The van der Waals surface area contributed by atoms with E-state index in [0.717, 1.165) is 24.2 Å². The van der Waals surface area contributed by atoms with Gasteiger partial charge in [0.1, 0.15) is 0 Å². The van der Waals surface area contributed by atoms with Gasteiger partial charge in [-0.15, -0.1) is 0 Å². The highest BCUT2D eigenvalue weighted by Gasteiger charge is 2.14. The molecule has 0 saturated carbocycles. The fourth-order valence-electron chi connectivity index (χ4n) is 1.86. The van der Waals surface area contributed by atoms with Crippen molar-refractivity contribution >= 4 is 11.7 Å². The van der Waals surface area contributed by atoms with Crippen molar-refractivity contribution in [1.82, 2.24) is 0 Å². The molecular weight excluding hydrogens is 226 g/mol. The van der Waals surface area contributed by atoms with Gasteiger partial charge in [-0.05, 0) is 36.1 Å². The molecule has 0 bridgehead atoms. The molecule has 1 aromatic carbocycles. The Hall–Kier alpha value is -1.51. The van der Waals surface area contributed by atoms with Crippen LogP contribution in [0.3, 0.4) is 0 Å². The topological polar surface area (TPSA) is 38.3 Å². The first-order valence-electron chi connectivity index (χ1n) is 6.56. The number of carbonyl (C=O) groups is 1. The summed E-state index contributed by atoms with van der Waals surface area (Å²) < 4.78 is 4.81. The Labute approximate surface area is 110 Å². The van der Waals surface area contributed by atoms with Crippen LogP contribution in [0, 0.1) is 0 Å². The molecule has 0 aromatic heterocycles. The Morgan fingerprint density at radius 1 is 1.39 bits per heavy atom. The van der Waals surface area contributed by atoms with Crippen molar-refractivity contribution in [2.24, 2.45) is 0 Å². The van der Waals surface area contributed by atoms with E-state index in [-0.39, 0.29) is 5.97 Å². The maximum Gasteiger partial charge on any atom is 0.338 e. The van der Waals surface area contributed by atoms with Gasteiger partial charge in [-0.2, -0.15) is 0 Å². The lowest BCUT2D eigenvalue weighted by Crippen LogP contribution is -2.08. The van der Waals surface area contributed by atoms with Gasteiger partial charge in [0.05, 0.1) is 12.7 Å². The largest absolute Gasteiger partial charge is 0.465 e. The van der Waals surface area contributed by atoms with Crippen LogP contribution in [-0.4, -0.2) is 19.6 Å². The number of methoxy groups -OCH3 is 1. The Morgan fingerprint density at radius 2 is 2.11 bits per heavy atom. The fourth-order valence-corrected chi connectivity index (χ4v) is 1.86. The Morgan fingerprint density at radius 3 is 2.67 bits per heavy atom. The van der Waals surface area contributed by atoms with Gasteiger partial charge in [-0.1, -0.05) is 27.2 Å². The van der Waals surface area contributed by atoms with E-state index in [9.17, 15) is 4.79 Å². The minimum Gasteiger partial charge on any atom is -0.465 e. The number of anilines is 1. The molecule has 0 spiro atoms. The van der Waals surface area contributed by atoms with Crippen LogP contribution in [0.25, 0.3) is 0 Å². The molecule has 0 aliphatic heterocycles. The van der Waals surface area contributed by atoms with E-state index >= 15 is 0 Å². The summed E-state index contributed by atoms with van der Waals surface area (Å²) in [4.78, 5) is 11.7. The molecule has 0 atom stereocenters. The number of unbranched alkanes of at least 4 members (excludes halogenated alkanes) is 1. The molecule has 0 aliphatic rings. The summed E-state index contributed by atoms with van der Waals surface area (Å²) in [5.41, 5.74) is 2.76. The Balaban J connectivity index is 2.92. The zero-order chi connectivity index (χ0) is 13.5. The normalized spacial score (nSPS) is 10.5. The van der Waals surface area contributed by atoms with Crippen LogP contribution < -0.4 is 5.32 Å². The molecule has 0 amide bonds.